The van der Waals surface area contributed by atoms with E-state index >= 15 is 0 Å². The summed E-state index contributed by atoms with van der Waals surface area (Å²) < 4.78 is 9.14. The highest BCUT2D eigenvalue weighted by molar-refractivity contribution is 5.87. The topological polar surface area (TPSA) is 230 Å². The molecule has 0 aromatic heterocycles. The Morgan fingerprint density at radius 2 is 1.55 bits per heavy atom. The Bertz CT molecular complexity index is 639. The first-order chi connectivity index (χ1) is 13.6. The molecule has 15 nitrogen and oxygen atoms in total. The molecule has 0 rings (SSSR count). The van der Waals surface area contributed by atoms with Crippen LogP contribution in [0.25, 0.3) is 0 Å². The van der Waals surface area contributed by atoms with E-state index in [1.54, 1.807) is 5.43 Å². The van der Waals surface area contributed by atoms with E-state index in [1.807, 2.05) is 0 Å². The fraction of sp³-hybridized carbons (Fsp3) is 0.643. The van der Waals surface area contributed by atoms with Crippen LogP contribution < -0.4 is 27.5 Å². The standard InChI is InChI=1S/C14H25N7O8/c1-28-11(23)8(4-3-7-17-13(16)20-21(26)27)18-14(25)19-9(12(24)29-2)5-6-10(15)22/h8-9H,3-7H2,1-2H3,(H2,15,22)(H3,16,17,20)(H2,18,19,25)/t8-,9-/m0/s1. The number of amides is 3. The van der Waals surface area contributed by atoms with Crippen molar-refractivity contribution in [3.63, 3.8) is 0 Å². The zero-order valence-electron chi connectivity index (χ0n) is 16.0. The molecule has 0 aromatic carbocycles. The number of nitrogens with two attached hydrogens (primary N) is 2. The number of nitrogens with zero attached hydrogens (tertiary/aromatic N) is 2. The monoisotopic (exact) mass is 419 g/mol. The Morgan fingerprint density at radius 1 is 1.03 bits per heavy atom. The molecule has 0 aliphatic carbocycles. The van der Waals surface area contributed by atoms with E-state index in [0.717, 1.165) is 14.2 Å². The lowest BCUT2D eigenvalue weighted by Crippen LogP contribution is -2.51. The second kappa shape index (κ2) is 13.5. The van der Waals surface area contributed by atoms with Crippen molar-refractivity contribution in [3.05, 3.63) is 10.1 Å². The normalized spacial score (nSPS) is 12.8. The van der Waals surface area contributed by atoms with Gasteiger partial charge in [-0.2, -0.15) is 0 Å². The zero-order valence-corrected chi connectivity index (χ0v) is 16.0. The largest absolute Gasteiger partial charge is 0.467 e. The van der Waals surface area contributed by atoms with Gasteiger partial charge in [-0.3, -0.25) is 4.79 Å². The summed E-state index contributed by atoms with van der Waals surface area (Å²) in [7, 11) is 2.23. The minimum Gasteiger partial charge on any atom is -0.467 e. The van der Waals surface area contributed by atoms with Crippen LogP contribution in [0, 0.1) is 10.1 Å². The molecule has 3 amide bonds. The molecule has 0 saturated heterocycles. The number of hydrogen-bond donors (Lipinski definition) is 5. The summed E-state index contributed by atoms with van der Waals surface area (Å²) in [4.78, 5) is 60.4. The Morgan fingerprint density at radius 3 is 2.00 bits per heavy atom. The lowest BCUT2D eigenvalue weighted by molar-refractivity contribution is -0.525. The predicted octanol–water partition coefficient (Wildman–Crippen LogP) is -2.49. The number of nitrogens with one attached hydrogen (secondary N) is 3. The Kier molecular flexibility index (Phi) is 11.8. The number of primary amides is 1. The number of aliphatic imine (C=N–C) groups is 1. The molecule has 7 N–H and O–H groups in total. The number of methoxy groups -OCH3 is 2. The molecule has 15 heteroatoms. The minimum absolute atomic E-state index is 0.0346. The molecule has 0 aromatic rings. The number of hydrazine groups is 1. The number of guanidine groups is 1. The van der Waals surface area contributed by atoms with Crippen molar-refractivity contribution in [2.75, 3.05) is 20.8 Å². The molecule has 0 aliphatic heterocycles. The smallest absolute Gasteiger partial charge is 0.328 e. The lowest BCUT2D eigenvalue weighted by Gasteiger charge is -2.20. The van der Waals surface area contributed by atoms with Crippen molar-refractivity contribution in [2.24, 2.45) is 16.5 Å². The van der Waals surface area contributed by atoms with Gasteiger partial charge in [-0.1, -0.05) is 5.43 Å². The van der Waals surface area contributed by atoms with Crippen molar-refractivity contribution in [1.82, 2.24) is 16.1 Å². The second-order valence-electron chi connectivity index (χ2n) is 5.55. The zero-order chi connectivity index (χ0) is 22.4. The van der Waals surface area contributed by atoms with E-state index in [4.69, 9.17) is 11.5 Å². The average molecular weight is 419 g/mol. The predicted molar refractivity (Wildman–Crippen MR) is 97.6 cm³/mol. The van der Waals surface area contributed by atoms with Gasteiger partial charge in [0.05, 0.1) is 14.2 Å². The van der Waals surface area contributed by atoms with Gasteiger partial charge in [-0.05, 0) is 19.3 Å². The van der Waals surface area contributed by atoms with Crippen LogP contribution in [0.5, 0.6) is 0 Å². The maximum atomic E-state index is 12.1. The van der Waals surface area contributed by atoms with Gasteiger partial charge in [0.2, 0.25) is 5.91 Å². The number of urea groups is 1. The average Bonchev–Trinajstić information content (AvgIpc) is 2.65. The molecule has 0 aliphatic rings. The molecular weight excluding hydrogens is 394 g/mol. The summed E-state index contributed by atoms with van der Waals surface area (Å²) in [6.07, 6.45) is 0.0373. The SMILES string of the molecule is COC(=O)[C@H](CCCN=C(N)N[N+](=O)[O-])NC(=O)N[C@@H](CCC(N)=O)C(=O)OC. The molecule has 164 valence electrons. The molecule has 0 fully saturated rings. The molecule has 0 unspecified atom stereocenters. The van der Waals surface area contributed by atoms with Crippen LogP contribution in [0.2, 0.25) is 0 Å². The second-order valence-corrected chi connectivity index (χ2v) is 5.55. The van der Waals surface area contributed by atoms with Gasteiger partial charge >= 0.3 is 18.0 Å². The van der Waals surface area contributed by atoms with Crippen LogP contribution in [-0.2, 0) is 23.9 Å². The summed E-state index contributed by atoms with van der Waals surface area (Å²) in [5, 5.41) is 13.9. The number of ether oxygens (including phenoxy) is 2. The van der Waals surface area contributed by atoms with Gasteiger partial charge in [-0.25, -0.2) is 29.5 Å². The van der Waals surface area contributed by atoms with Crippen LogP contribution in [0.1, 0.15) is 25.7 Å². The first-order valence-electron chi connectivity index (χ1n) is 8.32. The third-order valence-corrected chi connectivity index (χ3v) is 3.40. The number of esters is 2. The highest BCUT2D eigenvalue weighted by atomic mass is 16.7. The van der Waals surface area contributed by atoms with Gasteiger partial charge in [-0.15, -0.1) is 0 Å². The summed E-state index contributed by atoms with van der Waals surface area (Å²) >= 11 is 0. The number of hydrogen-bond acceptors (Lipinski definition) is 9. The van der Waals surface area contributed by atoms with Crippen LogP contribution in [0.3, 0.4) is 0 Å². The number of nitro groups is 1. The summed E-state index contributed by atoms with van der Waals surface area (Å²) in [5.41, 5.74) is 11.9. The molecular formula is C14H25N7O8. The maximum Gasteiger partial charge on any atom is 0.328 e. The van der Waals surface area contributed by atoms with Gasteiger partial charge in [0.25, 0.3) is 5.96 Å². The summed E-state index contributed by atoms with van der Waals surface area (Å²) in [6.45, 7) is 0.0346. The van der Waals surface area contributed by atoms with E-state index < -0.39 is 47.0 Å². The van der Waals surface area contributed by atoms with Gasteiger partial charge in [0, 0.05) is 13.0 Å². The highest BCUT2D eigenvalue weighted by Gasteiger charge is 2.26. The third-order valence-electron chi connectivity index (χ3n) is 3.40. The molecule has 0 radical (unpaired) electrons. The highest BCUT2D eigenvalue weighted by Crippen LogP contribution is 2.03. The molecule has 0 saturated carbocycles. The Hall–Kier alpha value is -3.65. The Labute approximate surface area is 165 Å². The van der Waals surface area contributed by atoms with Gasteiger partial charge in [0.15, 0.2) is 5.03 Å². The molecule has 29 heavy (non-hydrogen) atoms. The quantitative estimate of drug-likeness (QED) is 0.0557. The van der Waals surface area contributed by atoms with Crippen LogP contribution in [0.15, 0.2) is 4.99 Å². The first kappa shape index (κ1) is 25.3. The van der Waals surface area contributed by atoms with Crippen LogP contribution in [0.4, 0.5) is 4.79 Å². The van der Waals surface area contributed by atoms with Gasteiger partial charge < -0.3 is 31.6 Å². The number of carbonyl (C=O) groups is 4. The fourth-order valence-corrected chi connectivity index (χ4v) is 2.05. The molecule has 2 atom stereocenters. The van der Waals surface area contributed by atoms with E-state index in [-0.39, 0.29) is 32.2 Å². The van der Waals surface area contributed by atoms with Crippen LogP contribution >= 0.6 is 0 Å². The van der Waals surface area contributed by atoms with E-state index in [1.165, 1.54) is 0 Å². The first-order valence-corrected chi connectivity index (χ1v) is 8.32. The van der Waals surface area contributed by atoms with Crippen molar-refractivity contribution in [1.29, 1.82) is 0 Å². The molecule has 0 heterocycles. The minimum atomic E-state index is -1.15. The maximum absolute atomic E-state index is 12.1. The van der Waals surface area contributed by atoms with Crippen molar-refractivity contribution >= 4 is 29.8 Å². The lowest BCUT2D eigenvalue weighted by atomic mass is 10.1. The number of carbonyl (C=O) groups excluding carboxylic acids is 4. The Balaban J connectivity index is 4.79. The van der Waals surface area contributed by atoms with E-state index in [2.05, 4.69) is 25.1 Å². The number of rotatable bonds is 12. The van der Waals surface area contributed by atoms with Crippen molar-refractivity contribution in [3.8, 4) is 0 Å². The van der Waals surface area contributed by atoms with Gasteiger partial charge in [0.1, 0.15) is 12.1 Å². The third kappa shape index (κ3) is 11.6. The van der Waals surface area contributed by atoms with E-state index in [9.17, 15) is 29.3 Å². The fourth-order valence-electron chi connectivity index (χ4n) is 2.05. The van der Waals surface area contributed by atoms with Crippen molar-refractivity contribution < 1.29 is 33.7 Å². The van der Waals surface area contributed by atoms with E-state index in [0.29, 0.717) is 0 Å². The summed E-state index contributed by atoms with van der Waals surface area (Å²) in [5.74, 6) is -2.63. The van der Waals surface area contributed by atoms with Crippen molar-refractivity contribution in [2.45, 2.75) is 37.8 Å². The summed E-state index contributed by atoms with van der Waals surface area (Å²) in [6, 6.07) is -3.11. The molecule has 0 spiro atoms. The van der Waals surface area contributed by atoms with Crippen LogP contribution in [-0.4, -0.2) is 67.7 Å². The molecule has 0 bridgehead atoms.